The molecule has 1 atom stereocenters. The minimum Gasteiger partial charge on any atom is -0.486 e. The van der Waals surface area contributed by atoms with Crippen LogP contribution in [0.5, 0.6) is 5.75 Å². The van der Waals surface area contributed by atoms with Crippen LogP contribution in [-0.2, 0) is 4.79 Å². The molecule has 0 saturated carbocycles. The third kappa shape index (κ3) is 2.87. The number of carboxylic acid groups (broad SMARTS) is 1. The summed E-state index contributed by atoms with van der Waals surface area (Å²) in [5.74, 6) is 0.00322. The Morgan fingerprint density at radius 1 is 1.41 bits per heavy atom. The maximum Gasteiger partial charge on any atom is 0.331 e. The maximum absolute atomic E-state index is 10.9. The molecule has 90 valence electrons. The van der Waals surface area contributed by atoms with E-state index in [0.717, 1.165) is 24.2 Å². The first kappa shape index (κ1) is 11.7. The molecule has 1 aromatic rings. The van der Waals surface area contributed by atoms with E-state index in [9.17, 15) is 4.79 Å². The van der Waals surface area contributed by atoms with Crippen molar-refractivity contribution < 1.29 is 14.6 Å². The Kier molecular flexibility index (Phi) is 3.47. The molecule has 1 N–H and O–H groups in total. The Hall–Kier alpha value is -1.77. The van der Waals surface area contributed by atoms with Gasteiger partial charge in [0.1, 0.15) is 11.9 Å². The number of para-hydroxylation sites is 1. The van der Waals surface area contributed by atoms with Gasteiger partial charge in [-0.2, -0.15) is 0 Å². The second kappa shape index (κ2) is 5.04. The summed E-state index contributed by atoms with van der Waals surface area (Å²) in [6, 6.07) is 7.78. The topological polar surface area (TPSA) is 46.5 Å². The zero-order chi connectivity index (χ0) is 12.3. The number of carbonyl (C=O) groups is 1. The van der Waals surface area contributed by atoms with Gasteiger partial charge in [0.05, 0.1) is 0 Å². The molecular weight excluding hydrogens is 216 g/mol. The Morgan fingerprint density at radius 2 is 2.18 bits per heavy atom. The fourth-order valence-electron chi connectivity index (χ4n) is 2.01. The van der Waals surface area contributed by atoms with Crippen molar-refractivity contribution in [3.8, 4) is 5.75 Å². The van der Waals surface area contributed by atoms with Gasteiger partial charge in [-0.1, -0.05) is 18.2 Å². The highest BCUT2D eigenvalue weighted by molar-refractivity contribution is 5.86. The van der Waals surface area contributed by atoms with Crippen LogP contribution in [0.25, 0.3) is 0 Å². The standard InChI is InChI=1S/C14H16O3/c1-10-5-2-3-8-13(10)17-12-7-4-6-11(9-12)14(15)16/h2-3,5,8-9,12H,4,6-7H2,1H3,(H,15,16). The quantitative estimate of drug-likeness (QED) is 0.871. The first-order chi connectivity index (χ1) is 8.16. The van der Waals surface area contributed by atoms with Crippen LogP contribution in [0.2, 0.25) is 0 Å². The fraction of sp³-hybridized carbons (Fsp3) is 0.357. The number of hydrogen-bond acceptors (Lipinski definition) is 2. The minimum absolute atomic E-state index is 0.115. The third-order valence-corrected chi connectivity index (χ3v) is 2.97. The maximum atomic E-state index is 10.9. The molecular formula is C14H16O3. The first-order valence-corrected chi connectivity index (χ1v) is 5.83. The molecule has 0 radical (unpaired) electrons. The molecule has 1 aliphatic rings. The summed E-state index contributed by atoms with van der Waals surface area (Å²) in [5, 5.41) is 8.95. The lowest BCUT2D eigenvalue weighted by atomic mass is 9.97. The van der Waals surface area contributed by atoms with Crippen LogP contribution in [-0.4, -0.2) is 17.2 Å². The van der Waals surface area contributed by atoms with E-state index in [-0.39, 0.29) is 6.10 Å². The van der Waals surface area contributed by atoms with Crippen LogP contribution in [0.4, 0.5) is 0 Å². The summed E-state index contributed by atoms with van der Waals surface area (Å²) in [7, 11) is 0. The van der Waals surface area contributed by atoms with Gasteiger partial charge >= 0.3 is 5.97 Å². The second-order valence-corrected chi connectivity index (χ2v) is 4.31. The van der Waals surface area contributed by atoms with Crippen molar-refractivity contribution in [1.29, 1.82) is 0 Å². The number of aryl methyl sites for hydroxylation is 1. The van der Waals surface area contributed by atoms with Crippen molar-refractivity contribution in [3.63, 3.8) is 0 Å². The van der Waals surface area contributed by atoms with Gasteiger partial charge < -0.3 is 9.84 Å². The van der Waals surface area contributed by atoms with E-state index in [1.54, 1.807) is 6.08 Å². The monoisotopic (exact) mass is 232 g/mol. The minimum atomic E-state index is -0.830. The van der Waals surface area contributed by atoms with Crippen LogP contribution in [0.3, 0.4) is 0 Å². The van der Waals surface area contributed by atoms with Gasteiger partial charge in [0, 0.05) is 5.57 Å². The largest absolute Gasteiger partial charge is 0.486 e. The molecule has 0 aromatic heterocycles. The summed E-state index contributed by atoms with van der Waals surface area (Å²) in [6.45, 7) is 1.99. The van der Waals surface area contributed by atoms with E-state index < -0.39 is 5.97 Å². The average Bonchev–Trinajstić information content (AvgIpc) is 2.32. The fourth-order valence-corrected chi connectivity index (χ4v) is 2.01. The van der Waals surface area contributed by atoms with Gasteiger partial charge in [-0.15, -0.1) is 0 Å². The molecule has 0 fully saturated rings. The lowest BCUT2D eigenvalue weighted by Crippen LogP contribution is -2.20. The van der Waals surface area contributed by atoms with Crippen LogP contribution < -0.4 is 4.74 Å². The molecule has 1 aliphatic carbocycles. The van der Waals surface area contributed by atoms with Crippen LogP contribution in [0.15, 0.2) is 35.9 Å². The van der Waals surface area contributed by atoms with Crippen LogP contribution in [0, 0.1) is 6.92 Å². The highest BCUT2D eigenvalue weighted by Gasteiger charge is 2.19. The summed E-state index contributed by atoms with van der Waals surface area (Å²) >= 11 is 0. The van der Waals surface area contributed by atoms with Gasteiger partial charge in [-0.25, -0.2) is 4.79 Å². The van der Waals surface area contributed by atoms with Gasteiger partial charge in [0.15, 0.2) is 0 Å². The molecule has 0 spiro atoms. The van der Waals surface area contributed by atoms with Crippen molar-refractivity contribution in [2.75, 3.05) is 0 Å². The molecule has 3 nitrogen and oxygen atoms in total. The summed E-state index contributed by atoms with van der Waals surface area (Å²) in [6.07, 6.45) is 4.01. The molecule has 1 unspecified atom stereocenters. The lowest BCUT2D eigenvalue weighted by molar-refractivity contribution is -0.133. The molecule has 17 heavy (non-hydrogen) atoms. The molecule has 0 bridgehead atoms. The van der Waals surface area contributed by atoms with E-state index in [1.165, 1.54) is 0 Å². The molecule has 3 heteroatoms. The van der Waals surface area contributed by atoms with E-state index in [0.29, 0.717) is 12.0 Å². The van der Waals surface area contributed by atoms with Gasteiger partial charge in [-0.3, -0.25) is 0 Å². The molecule has 0 heterocycles. The van der Waals surface area contributed by atoms with Gasteiger partial charge in [-0.05, 0) is 43.9 Å². The van der Waals surface area contributed by atoms with E-state index >= 15 is 0 Å². The van der Waals surface area contributed by atoms with E-state index in [4.69, 9.17) is 9.84 Å². The van der Waals surface area contributed by atoms with Crippen molar-refractivity contribution in [3.05, 3.63) is 41.5 Å². The second-order valence-electron chi connectivity index (χ2n) is 4.31. The van der Waals surface area contributed by atoms with Crippen molar-refractivity contribution >= 4 is 5.97 Å². The number of benzene rings is 1. The van der Waals surface area contributed by atoms with Crippen molar-refractivity contribution in [2.24, 2.45) is 0 Å². The predicted molar refractivity (Wildman–Crippen MR) is 65.2 cm³/mol. The molecule has 2 rings (SSSR count). The number of rotatable bonds is 3. The average molecular weight is 232 g/mol. The SMILES string of the molecule is Cc1ccccc1OC1C=C(C(=O)O)CCC1. The Labute approximate surface area is 101 Å². The third-order valence-electron chi connectivity index (χ3n) is 2.97. The molecule has 0 aliphatic heterocycles. The predicted octanol–water partition coefficient (Wildman–Crippen LogP) is 2.94. The summed E-state index contributed by atoms with van der Waals surface area (Å²) in [5.41, 5.74) is 1.54. The smallest absolute Gasteiger partial charge is 0.331 e. The number of hydrogen-bond donors (Lipinski definition) is 1. The van der Waals surface area contributed by atoms with Gasteiger partial charge in [0.25, 0.3) is 0 Å². The highest BCUT2D eigenvalue weighted by Crippen LogP contribution is 2.24. The number of ether oxygens (including phenoxy) is 1. The highest BCUT2D eigenvalue weighted by atomic mass is 16.5. The molecule has 0 saturated heterocycles. The first-order valence-electron chi connectivity index (χ1n) is 5.83. The normalized spacial score (nSPS) is 19.6. The van der Waals surface area contributed by atoms with Gasteiger partial charge in [0.2, 0.25) is 0 Å². The van der Waals surface area contributed by atoms with Crippen LogP contribution >= 0.6 is 0 Å². The lowest BCUT2D eigenvalue weighted by Gasteiger charge is -2.21. The summed E-state index contributed by atoms with van der Waals surface area (Å²) in [4.78, 5) is 10.9. The molecule has 1 aromatic carbocycles. The number of aliphatic carboxylic acids is 1. The Bertz CT molecular complexity index is 449. The van der Waals surface area contributed by atoms with Crippen LogP contribution in [0.1, 0.15) is 24.8 Å². The zero-order valence-electron chi connectivity index (χ0n) is 9.85. The Morgan fingerprint density at radius 3 is 2.88 bits per heavy atom. The van der Waals surface area contributed by atoms with Crippen molar-refractivity contribution in [1.82, 2.24) is 0 Å². The Balaban J connectivity index is 2.12. The van der Waals surface area contributed by atoms with E-state index in [2.05, 4.69) is 0 Å². The summed E-state index contributed by atoms with van der Waals surface area (Å²) < 4.78 is 5.83. The zero-order valence-corrected chi connectivity index (χ0v) is 9.85. The molecule has 0 amide bonds. The number of carboxylic acids is 1. The van der Waals surface area contributed by atoms with E-state index in [1.807, 2.05) is 31.2 Å². The van der Waals surface area contributed by atoms with Crippen molar-refractivity contribution in [2.45, 2.75) is 32.3 Å².